The van der Waals surface area contributed by atoms with Crippen molar-refractivity contribution in [2.45, 2.75) is 44.8 Å². The molecule has 1 amide bonds. The highest BCUT2D eigenvalue weighted by molar-refractivity contribution is 5.94. The number of fused-ring (bicyclic) bond motifs is 1. The lowest BCUT2D eigenvalue weighted by atomic mass is 9.85. The quantitative estimate of drug-likeness (QED) is 0.784. The summed E-state index contributed by atoms with van der Waals surface area (Å²) in [7, 11) is 0. The predicted molar refractivity (Wildman–Crippen MR) is 77.3 cm³/mol. The first-order valence-electron chi connectivity index (χ1n) is 7.52. The number of carbonyl (C=O) groups is 1. The molecule has 2 aliphatic rings. The van der Waals surface area contributed by atoms with Gasteiger partial charge < -0.3 is 15.7 Å². The second-order valence-electron chi connectivity index (χ2n) is 5.89. The summed E-state index contributed by atoms with van der Waals surface area (Å²) >= 11 is 0. The lowest BCUT2D eigenvalue weighted by Crippen LogP contribution is -2.43. The van der Waals surface area contributed by atoms with Crippen LogP contribution in [-0.2, 0) is 13.1 Å². The minimum absolute atomic E-state index is 0.00921. The van der Waals surface area contributed by atoms with E-state index in [0.717, 1.165) is 44.3 Å². The van der Waals surface area contributed by atoms with Crippen molar-refractivity contribution in [3.63, 3.8) is 0 Å². The molecule has 3 N–H and O–H groups in total. The molecule has 1 aromatic carbocycles. The van der Waals surface area contributed by atoms with Gasteiger partial charge in [0.15, 0.2) is 0 Å². The zero-order valence-electron chi connectivity index (χ0n) is 11.7. The molecule has 3 rings (SSSR count). The van der Waals surface area contributed by atoms with Gasteiger partial charge in [0, 0.05) is 37.2 Å². The van der Waals surface area contributed by atoms with Crippen molar-refractivity contribution >= 4 is 5.91 Å². The van der Waals surface area contributed by atoms with Gasteiger partial charge in [0.05, 0.1) is 0 Å². The molecule has 20 heavy (non-hydrogen) atoms. The summed E-state index contributed by atoms with van der Waals surface area (Å²) in [5.41, 5.74) is 3.24. The molecule has 1 saturated carbocycles. The summed E-state index contributed by atoms with van der Waals surface area (Å²) < 4.78 is 0. The van der Waals surface area contributed by atoms with E-state index in [0.29, 0.717) is 0 Å². The van der Waals surface area contributed by atoms with Crippen LogP contribution in [0.15, 0.2) is 18.2 Å². The third-order valence-corrected chi connectivity index (χ3v) is 4.56. The summed E-state index contributed by atoms with van der Waals surface area (Å²) in [5.74, 6) is 0.203. The van der Waals surface area contributed by atoms with Crippen LogP contribution < -0.4 is 10.6 Å². The standard InChI is InChI=1S/C16H22N2O2/c19-10-13-3-1-2-4-15(13)18-16(20)11-5-6-12-8-17-9-14(12)7-11/h5-7,13,15,17,19H,1-4,8-10H2,(H,18,20). The number of benzene rings is 1. The Kier molecular flexibility index (Phi) is 4.03. The number of amides is 1. The third-order valence-electron chi connectivity index (χ3n) is 4.56. The van der Waals surface area contributed by atoms with E-state index in [1.54, 1.807) is 0 Å². The van der Waals surface area contributed by atoms with Gasteiger partial charge in [-0.3, -0.25) is 4.79 Å². The van der Waals surface area contributed by atoms with Crippen LogP contribution in [0.3, 0.4) is 0 Å². The molecule has 0 radical (unpaired) electrons. The molecule has 0 bridgehead atoms. The largest absolute Gasteiger partial charge is 0.396 e. The van der Waals surface area contributed by atoms with E-state index in [1.807, 2.05) is 18.2 Å². The normalized spacial score (nSPS) is 25.2. The van der Waals surface area contributed by atoms with Gasteiger partial charge in [-0.25, -0.2) is 0 Å². The van der Waals surface area contributed by atoms with Gasteiger partial charge in [0.1, 0.15) is 0 Å². The summed E-state index contributed by atoms with van der Waals surface area (Å²) in [6.45, 7) is 1.91. The van der Waals surface area contributed by atoms with Gasteiger partial charge in [-0.1, -0.05) is 18.9 Å². The summed E-state index contributed by atoms with van der Waals surface area (Å²) in [4.78, 5) is 12.4. The Morgan fingerprint density at radius 2 is 2.05 bits per heavy atom. The van der Waals surface area contributed by atoms with Crippen LogP contribution in [0.4, 0.5) is 0 Å². The molecule has 1 heterocycles. The SMILES string of the molecule is O=C(NC1CCCCC1CO)c1ccc2c(c1)CNC2. The molecule has 2 atom stereocenters. The minimum atomic E-state index is -0.00921. The van der Waals surface area contributed by atoms with E-state index in [9.17, 15) is 9.90 Å². The first-order valence-corrected chi connectivity index (χ1v) is 7.52. The zero-order valence-corrected chi connectivity index (χ0v) is 11.7. The fourth-order valence-electron chi connectivity index (χ4n) is 3.30. The molecular formula is C16H22N2O2. The Labute approximate surface area is 119 Å². The topological polar surface area (TPSA) is 61.4 Å². The molecular weight excluding hydrogens is 252 g/mol. The molecule has 1 fully saturated rings. The number of nitrogens with one attached hydrogen (secondary N) is 2. The van der Waals surface area contributed by atoms with Crippen molar-refractivity contribution in [3.05, 3.63) is 34.9 Å². The lowest BCUT2D eigenvalue weighted by Gasteiger charge is -2.30. The smallest absolute Gasteiger partial charge is 0.251 e. The number of carbonyl (C=O) groups excluding carboxylic acids is 1. The fourth-order valence-corrected chi connectivity index (χ4v) is 3.30. The lowest BCUT2D eigenvalue weighted by molar-refractivity contribution is 0.0872. The third kappa shape index (κ3) is 2.72. The number of aliphatic hydroxyl groups is 1. The predicted octanol–water partition coefficient (Wildman–Crippen LogP) is 1.57. The van der Waals surface area contributed by atoms with Crippen molar-refractivity contribution in [1.82, 2.24) is 10.6 Å². The van der Waals surface area contributed by atoms with Gasteiger partial charge in [0.2, 0.25) is 0 Å². The van der Waals surface area contributed by atoms with Crippen LogP contribution in [-0.4, -0.2) is 23.7 Å². The molecule has 1 aliphatic heterocycles. The van der Waals surface area contributed by atoms with Gasteiger partial charge in [0.25, 0.3) is 5.91 Å². The Morgan fingerprint density at radius 1 is 1.25 bits per heavy atom. The van der Waals surface area contributed by atoms with Crippen LogP contribution >= 0.6 is 0 Å². The Morgan fingerprint density at radius 3 is 2.90 bits per heavy atom. The molecule has 4 heteroatoms. The highest BCUT2D eigenvalue weighted by atomic mass is 16.3. The maximum absolute atomic E-state index is 12.4. The van der Waals surface area contributed by atoms with Crippen LogP contribution in [0, 0.1) is 5.92 Å². The highest BCUT2D eigenvalue weighted by Crippen LogP contribution is 2.24. The Bertz CT molecular complexity index is 501. The van der Waals surface area contributed by atoms with Crippen LogP contribution in [0.5, 0.6) is 0 Å². The first kappa shape index (κ1) is 13.6. The van der Waals surface area contributed by atoms with Crippen molar-refractivity contribution in [2.24, 2.45) is 5.92 Å². The van der Waals surface area contributed by atoms with Crippen molar-refractivity contribution in [1.29, 1.82) is 0 Å². The number of rotatable bonds is 3. The Balaban J connectivity index is 1.69. The monoisotopic (exact) mass is 274 g/mol. The highest BCUT2D eigenvalue weighted by Gasteiger charge is 2.26. The van der Waals surface area contributed by atoms with Crippen molar-refractivity contribution < 1.29 is 9.90 Å². The van der Waals surface area contributed by atoms with E-state index < -0.39 is 0 Å². The van der Waals surface area contributed by atoms with Crippen molar-refractivity contribution in [3.8, 4) is 0 Å². The fraction of sp³-hybridized carbons (Fsp3) is 0.562. The maximum Gasteiger partial charge on any atom is 0.251 e. The molecule has 4 nitrogen and oxygen atoms in total. The van der Waals surface area contributed by atoms with E-state index in [4.69, 9.17) is 0 Å². The number of hydrogen-bond donors (Lipinski definition) is 3. The van der Waals surface area contributed by atoms with Gasteiger partial charge in [-0.05, 0) is 36.1 Å². The van der Waals surface area contributed by atoms with Gasteiger partial charge in [-0.15, -0.1) is 0 Å². The molecule has 0 aromatic heterocycles. The van der Waals surface area contributed by atoms with Crippen LogP contribution in [0.1, 0.15) is 47.2 Å². The van der Waals surface area contributed by atoms with Crippen LogP contribution in [0.2, 0.25) is 0 Å². The molecule has 0 saturated heterocycles. The Hall–Kier alpha value is -1.39. The minimum Gasteiger partial charge on any atom is -0.396 e. The maximum atomic E-state index is 12.4. The van der Waals surface area contributed by atoms with E-state index >= 15 is 0 Å². The van der Waals surface area contributed by atoms with E-state index in [1.165, 1.54) is 11.1 Å². The van der Waals surface area contributed by atoms with E-state index in [-0.39, 0.29) is 24.5 Å². The summed E-state index contributed by atoms with van der Waals surface area (Å²) in [5, 5.41) is 15.8. The molecule has 0 spiro atoms. The van der Waals surface area contributed by atoms with E-state index in [2.05, 4.69) is 10.6 Å². The average molecular weight is 274 g/mol. The number of aliphatic hydroxyl groups excluding tert-OH is 1. The molecule has 2 unspecified atom stereocenters. The van der Waals surface area contributed by atoms with Crippen molar-refractivity contribution in [2.75, 3.05) is 6.61 Å². The second-order valence-corrected chi connectivity index (χ2v) is 5.89. The van der Waals surface area contributed by atoms with Gasteiger partial charge >= 0.3 is 0 Å². The van der Waals surface area contributed by atoms with Gasteiger partial charge in [-0.2, -0.15) is 0 Å². The molecule has 1 aromatic rings. The summed E-state index contributed by atoms with van der Waals surface area (Å²) in [6.07, 6.45) is 4.27. The first-order chi connectivity index (χ1) is 9.78. The number of hydrogen-bond acceptors (Lipinski definition) is 3. The van der Waals surface area contributed by atoms with Crippen LogP contribution in [0.25, 0.3) is 0 Å². The molecule has 108 valence electrons. The second kappa shape index (κ2) is 5.94. The average Bonchev–Trinajstić information content (AvgIpc) is 2.95. The molecule has 1 aliphatic carbocycles. The zero-order chi connectivity index (χ0) is 13.9. The summed E-state index contributed by atoms with van der Waals surface area (Å²) in [6, 6.07) is 6.04.